The Labute approximate surface area is 174 Å². The van der Waals surface area contributed by atoms with Crippen molar-refractivity contribution in [2.75, 3.05) is 7.11 Å². The number of thiazole rings is 1. The molecule has 0 N–H and O–H groups in total. The van der Waals surface area contributed by atoms with Gasteiger partial charge in [-0.2, -0.15) is 0 Å². The topological polar surface area (TPSA) is 47.9 Å². The minimum absolute atomic E-state index is 0.327. The highest BCUT2D eigenvalue weighted by atomic mass is 35.5. The van der Waals surface area contributed by atoms with Crippen LogP contribution in [0.4, 0.5) is 4.39 Å². The number of hydrogen-bond donors (Lipinski definition) is 0. The molecule has 0 aliphatic carbocycles. The predicted molar refractivity (Wildman–Crippen MR) is 113 cm³/mol. The van der Waals surface area contributed by atoms with Crippen molar-refractivity contribution < 1.29 is 9.13 Å². The molecule has 0 fully saturated rings. The minimum Gasteiger partial charge on any atom is -0.497 e. The maximum absolute atomic E-state index is 14.1. The lowest BCUT2D eigenvalue weighted by molar-refractivity contribution is 0.415. The van der Waals surface area contributed by atoms with E-state index in [-0.39, 0.29) is 5.82 Å². The maximum atomic E-state index is 14.1. The molecule has 0 aliphatic heterocycles. The molecule has 0 atom stereocenters. The van der Waals surface area contributed by atoms with E-state index < -0.39 is 0 Å². The van der Waals surface area contributed by atoms with Crippen LogP contribution in [0.2, 0.25) is 5.02 Å². The molecule has 0 spiro atoms. The number of methoxy groups -OCH3 is 1. The van der Waals surface area contributed by atoms with Crippen molar-refractivity contribution >= 4 is 44.9 Å². The molecule has 28 heavy (non-hydrogen) atoms. The van der Waals surface area contributed by atoms with Gasteiger partial charge in [-0.25, -0.2) is 9.37 Å². The number of rotatable bonds is 5. The quantitative estimate of drug-likeness (QED) is 0.354. The number of fused-ring (bicyclic) bond motifs is 1. The SMILES string of the molecule is COc1cccc(-c2nnc(SCc3c(F)cccc3Cl)c3nc(C)sc23)c1. The van der Waals surface area contributed by atoms with Gasteiger partial charge in [0.15, 0.2) is 0 Å². The van der Waals surface area contributed by atoms with Crippen LogP contribution in [0, 0.1) is 12.7 Å². The molecule has 4 aromatic rings. The van der Waals surface area contributed by atoms with Gasteiger partial charge < -0.3 is 4.74 Å². The lowest BCUT2D eigenvalue weighted by atomic mass is 10.1. The molecule has 0 saturated heterocycles. The highest BCUT2D eigenvalue weighted by Gasteiger charge is 2.17. The normalized spacial score (nSPS) is 11.1. The Hall–Kier alpha value is -2.22. The van der Waals surface area contributed by atoms with Crippen molar-refractivity contribution in [2.45, 2.75) is 17.7 Å². The first-order valence-corrected chi connectivity index (χ1v) is 10.6. The number of benzene rings is 2. The maximum Gasteiger partial charge on any atom is 0.146 e. The van der Waals surface area contributed by atoms with Gasteiger partial charge in [-0.15, -0.1) is 21.5 Å². The first-order valence-electron chi connectivity index (χ1n) is 8.40. The van der Waals surface area contributed by atoms with Gasteiger partial charge in [-0.1, -0.05) is 41.6 Å². The van der Waals surface area contributed by atoms with E-state index in [1.54, 1.807) is 30.6 Å². The molecule has 0 radical (unpaired) electrons. The van der Waals surface area contributed by atoms with E-state index in [9.17, 15) is 4.39 Å². The fourth-order valence-electron chi connectivity index (χ4n) is 2.79. The highest BCUT2D eigenvalue weighted by molar-refractivity contribution is 7.98. The van der Waals surface area contributed by atoms with Gasteiger partial charge in [0.1, 0.15) is 27.8 Å². The molecule has 2 aromatic heterocycles. The molecule has 4 rings (SSSR count). The number of aryl methyl sites for hydroxylation is 1. The number of nitrogens with zero attached hydrogens (tertiary/aromatic N) is 3. The Kier molecular flexibility index (Phi) is 5.48. The zero-order chi connectivity index (χ0) is 19.7. The molecule has 0 saturated carbocycles. The van der Waals surface area contributed by atoms with Crippen LogP contribution in [0.1, 0.15) is 10.6 Å². The van der Waals surface area contributed by atoms with E-state index in [4.69, 9.17) is 16.3 Å². The molecule has 142 valence electrons. The van der Waals surface area contributed by atoms with E-state index in [2.05, 4.69) is 15.2 Å². The first-order chi connectivity index (χ1) is 13.6. The minimum atomic E-state index is -0.327. The number of thioether (sulfide) groups is 1. The van der Waals surface area contributed by atoms with Crippen LogP contribution in [-0.2, 0) is 5.75 Å². The van der Waals surface area contributed by atoms with E-state index in [1.807, 2.05) is 31.2 Å². The Bertz CT molecular complexity index is 1150. The van der Waals surface area contributed by atoms with Crippen molar-refractivity contribution in [3.05, 3.63) is 63.9 Å². The van der Waals surface area contributed by atoms with Crippen molar-refractivity contribution in [2.24, 2.45) is 0 Å². The smallest absolute Gasteiger partial charge is 0.146 e. The van der Waals surface area contributed by atoms with Gasteiger partial charge in [0.2, 0.25) is 0 Å². The Balaban J connectivity index is 1.73. The third-order valence-corrected chi connectivity index (χ3v) is 6.46. The lowest BCUT2D eigenvalue weighted by Crippen LogP contribution is -1.95. The van der Waals surface area contributed by atoms with Gasteiger partial charge in [-0.05, 0) is 31.2 Å². The first kappa shape index (κ1) is 19.1. The molecule has 8 heteroatoms. The summed E-state index contributed by atoms with van der Waals surface area (Å²) < 4.78 is 20.3. The van der Waals surface area contributed by atoms with Crippen molar-refractivity contribution in [3.63, 3.8) is 0 Å². The molecule has 0 aliphatic rings. The zero-order valence-corrected chi connectivity index (χ0v) is 17.5. The fourth-order valence-corrected chi connectivity index (χ4v) is 5.05. The third-order valence-electron chi connectivity index (χ3n) is 4.15. The molecular formula is C20H15ClFN3OS2. The van der Waals surface area contributed by atoms with Crippen LogP contribution in [0.5, 0.6) is 5.75 Å². The summed E-state index contributed by atoms with van der Waals surface area (Å²) >= 11 is 9.08. The monoisotopic (exact) mass is 431 g/mol. The molecule has 0 bridgehead atoms. The van der Waals surface area contributed by atoms with Crippen molar-refractivity contribution in [1.82, 2.24) is 15.2 Å². The lowest BCUT2D eigenvalue weighted by Gasteiger charge is -2.08. The molecule has 2 heterocycles. The summed E-state index contributed by atoms with van der Waals surface area (Å²) in [5.74, 6) is 0.776. The summed E-state index contributed by atoms with van der Waals surface area (Å²) in [5.41, 5.74) is 2.89. The summed E-state index contributed by atoms with van der Waals surface area (Å²) in [5, 5.41) is 10.8. The van der Waals surface area contributed by atoms with Crippen LogP contribution in [0.15, 0.2) is 47.5 Å². The molecule has 0 unspecified atom stereocenters. The van der Waals surface area contributed by atoms with Crippen LogP contribution in [-0.4, -0.2) is 22.3 Å². The van der Waals surface area contributed by atoms with Crippen LogP contribution < -0.4 is 4.74 Å². The third kappa shape index (κ3) is 3.70. The van der Waals surface area contributed by atoms with Gasteiger partial charge in [-0.3, -0.25) is 0 Å². The Morgan fingerprint density at radius 1 is 1.18 bits per heavy atom. The molecule has 4 nitrogen and oxygen atoms in total. The number of aromatic nitrogens is 3. The number of halogens is 2. The predicted octanol–water partition coefficient (Wildman–Crippen LogP) is 6.16. The molecule has 0 amide bonds. The number of ether oxygens (including phenoxy) is 1. The van der Waals surface area contributed by atoms with Gasteiger partial charge in [0.25, 0.3) is 0 Å². The summed E-state index contributed by atoms with van der Waals surface area (Å²) in [7, 11) is 1.63. The fraction of sp³-hybridized carbons (Fsp3) is 0.150. The largest absolute Gasteiger partial charge is 0.497 e. The second-order valence-corrected chi connectivity index (χ2v) is 8.56. The second-order valence-electron chi connectivity index (χ2n) is 5.99. The Morgan fingerprint density at radius 3 is 2.79 bits per heavy atom. The van der Waals surface area contributed by atoms with Crippen LogP contribution >= 0.6 is 34.7 Å². The van der Waals surface area contributed by atoms with Crippen molar-refractivity contribution in [3.8, 4) is 17.0 Å². The average molecular weight is 432 g/mol. The summed E-state index contributed by atoms with van der Waals surface area (Å²) in [4.78, 5) is 4.64. The van der Waals surface area contributed by atoms with E-state index in [0.717, 1.165) is 32.2 Å². The summed E-state index contributed by atoms with van der Waals surface area (Å²) in [6, 6.07) is 12.4. The zero-order valence-electron chi connectivity index (χ0n) is 15.1. The van der Waals surface area contributed by atoms with Crippen molar-refractivity contribution in [1.29, 1.82) is 0 Å². The summed E-state index contributed by atoms with van der Waals surface area (Å²) in [6.07, 6.45) is 0. The Morgan fingerprint density at radius 2 is 2.00 bits per heavy atom. The highest BCUT2D eigenvalue weighted by Crippen LogP contribution is 2.37. The van der Waals surface area contributed by atoms with E-state index in [0.29, 0.717) is 21.4 Å². The number of hydrogen-bond acceptors (Lipinski definition) is 6. The van der Waals surface area contributed by atoms with Gasteiger partial charge in [0.05, 0.1) is 16.8 Å². The van der Waals surface area contributed by atoms with Gasteiger partial charge >= 0.3 is 0 Å². The molecular weight excluding hydrogens is 417 g/mol. The summed E-state index contributed by atoms with van der Waals surface area (Å²) in [6.45, 7) is 1.95. The van der Waals surface area contributed by atoms with Gasteiger partial charge in [0, 0.05) is 21.9 Å². The van der Waals surface area contributed by atoms with Crippen LogP contribution in [0.25, 0.3) is 21.5 Å². The van der Waals surface area contributed by atoms with Crippen LogP contribution in [0.3, 0.4) is 0 Å². The standard InChI is InChI=1S/C20H15ClFN3OS2/c1-11-23-18-19(28-11)17(12-5-3-6-13(9-12)26-2)24-25-20(18)27-10-14-15(21)7-4-8-16(14)22/h3-9H,10H2,1-2H3. The average Bonchev–Trinajstić information content (AvgIpc) is 3.09. The van der Waals surface area contributed by atoms with E-state index in [1.165, 1.54) is 17.8 Å². The second kappa shape index (κ2) is 8.03. The molecule has 2 aromatic carbocycles. The van der Waals surface area contributed by atoms with E-state index >= 15 is 0 Å².